The second-order valence-electron chi connectivity index (χ2n) is 30.5. The highest BCUT2D eigenvalue weighted by Gasteiger charge is 2.62. The summed E-state index contributed by atoms with van der Waals surface area (Å²) in [6.45, 7) is 16.9. The summed E-state index contributed by atoms with van der Waals surface area (Å²) in [5.74, 6) is 4.28. The Balaban J connectivity index is 0.000000215. The fourth-order valence-corrected chi connectivity index (χ4v) is 15.1. The number of urea groups is 2. The Labute approximate surface area is 695 Å². The van der Waals surface area contributed by atoms with Crippen LogP contribution in [0.1, 0.15) is 134 Å². The van der Waals surface area contributed by atoms with Crippen molar-refractivity contribution in [1.82, 2.24) is 51.7 Å². The molecule has 8 aromatic rings. The van der Waals surface area contributed by atoms with Gasteiger partial charge in [-0.2, -0.15) is 13.2 Å². The average molecular weight is 1670 g/mol. The van der Waals surface area contributed by atoms with Crippen LogP contribution in [-0.2, 0) is 68.3 Å². The van der Waals surface area contributed by atoms with Crippen LogP contribution in [0.15, 0.2) is 175 Å². The summed E-state index contributed by atoms with van der Waals surface area (Å²) in [5, 5.41) is 46.6. The van der Waals surface area contributed by atoms with E-state index in [4.69, 9.17) is 21.1 Å². The largest absolute Gasteiger partial charge is 0.483 e. The molecule has 23 nitrogen and oxygen atoms in total. The normalized spacial score (nSPS) is 16.4. The number of ether oxygens (including phenoxy) is 3. The number of alkyl carbamates (subject to hydrolysis) is 1. The van der Waals surface area contributed by atoms with Crippen LogP contribution in [0.3, 0.4) is 0 Å². The van der Waals surface area contributed by atoms with E-state index in [1.807, 2.05) is 186 Å². The second kappa shape index (κ2) is 43.6. The van der Waals surface area contributed by atoms with Crippen molar-refractivity contribution in [3.8, 4) is 17.6 Å². The number of thiazole rings is 2. The van der Waals surface area contributed by atoms with Crippen molar-refractivity contribution in [1.29, 1.82) is 0 Å². The fourth-order valence-electron chi connectivity index (χ4n) is 13.6. The Bertz CT molecular complexity index is 4600. The molecule has 6 aromatic carbocycles. The van der Waals surface area contributed by atoms with Gasteiger partial charge >= 0.3 is 30.4 Å². The summed E-state index contributed by atoms with van der Waals surface area (Å²) in [6, 6.07) is 43.9. The van der Waals surface area contributed by atoms with Crippen molar-refractivity contribution in [2.45, 2.75) is 192 Å². The van der Waals surface area contributed by atoms with Gasteiger partial charge in [0.2, 0.25) is 11.8 Å². The number of carbonyl (C=O) groups excluding carboxylic acids is 7. The lowest BCUT2D eigenvalue weighted by atomic mass is 9.90. The zero-order valence-corrected chi connectivity index (χ0v) is 69.6. The molecule has 1 aliphatic carbocycles. The summed E-state index contributed by atoms with van der Waals surface area (Å²) >= 11 is 8.73. The molecule has 1 saturated carbocycles. The lowest BCUT2D eigenvalue weighted by Crippen LogP contribution is -2.59. The van der Waals surface area contributed by atoms with Crippen molar-refractivity contribution < 1.29 is 71.2 Å². The van der Waals surface area contributed by atoms with E-state index in [0.29, 0.717) is 57.0 Å². The standard InChI is InChI=1S/C37H48N6O5S2.C37H48N4O5.C14H9ClF3NO2/c1-24(2)33(42-36(46)43(5)20-29-22-49-35(40-29)25(3)4)34(45)39-28(16-26-12-8-6-9-13-26)18-32(44)31(17-27-14-10-7-11-15-27)41-37(47)48-21-30-19-38-23-50-30;1-25(2)34(41-20-12-19-38-37(41)45)36(44)39-30(21-28-15-7-5-8-16-28)23-32(42)31(22-29-17-9-6-10-18-29)40-33(43)24-46-35-26(3)13-11-14-27(35)4;15-9-3-4-11-10(7-9)13(14(16,17)18,21-12(20)19-11)6-5-8-1-2-8/h6-15,19,22-25,28,31-33,44H,16-18,20-21H2,1-5H3,(H,39,45)(H,41,47)(H,42,46);5-11,13-18,25,30-32,34,42H,12,19-24H2,1-4H3,(H,38,45)(H,39,44)(H,40,43);3-4,7-8H,1-2H2,(H,19,20)/t28-,31-,32-,33-;30-,31-,32-,34-;13-/m000/s1. The molecule has 1 saturated heterocycles. The van der Waals surface area contributed by atoms with E-state index in [2.05, 4.69) is 77.6 Å². The molecule has 2 fully saturated rings. The van der Waals surface area contributed by atoms with E-state index in [-0.39, 0.29) is 89.9 Å². The SMILES string of the molecule is CC(C)c1nc(CN(C)C(=O)N[C@H](C(=O)N[C@@H](Cc2ccccc2)C[C@H](O)[C@H](Cc2ccccc2)NC(=O)OCc2cncs2)C(C)C)cs1.Cc1cccc(C)c1OCC(=O)N[C@@H](Cc1ccccc1)[C@@H](O)C[C@H](Cc1ccccc1)NC(=O)[C@H](C(C)C)N1CCCNC1=O.O=C1Nc2ccc(Cl)cc2[C@@](C#CC2CC2)(C(F)(F)F)O1. The smallest absolute Gasteiger partial charge is 0.445 e. The Kier molecular flexibility index (Phi) is 33.7. The highest BCUT2D eigenvalue weighted by atomic mass is 35.5. The van der Waals surface area contributed by atoms with Crippen molar-refractivity contribution in [2.75, 3.05) is 32.1 Å². The van der Waals surface area contributed by atoms with Crippen molar-refractivity contribution in [3.63, 3.8) is 0 Å². The van der Waals surface area contributed by atoms with Crippen LogP contribution in [-0.4, -0.2) is 153 Å². The second-order valence-corrected chi connectivity index (χ2v) is 32.8. The number of benzene rings is 6. The highest BCUT2D eigenvalue weighted by molar-refractivity contribution is 7.10. The van der Waals surface area contributed by atoms with Gasteiger partial charge in [-0.3, -0.25) is 24.7 Å². The van der Waals surface area contributed by atoms with Gasteiger partial charge in [0.25, 0.3) is 11.5 Å². The predicted molar refractivity (Wildman–Crippen MR) is 446 cm³/mol. The summed E-state index contributed by atoms with van der Waals surface area (Å²) < 4.78 is 56.7. The summed E-state index contributed by atoms with van der Waals surface area (Å²) in [6.07, 6.45) is -2.87. The van der Waals surface area contributed by atoms with Crippen molar-refractivity contribution >= 4 is 81.9 Å². The van der Waals surface area contributed by atoms with E-state index in [9.17, 15) is 56.9 Å². The molecule has 117 heavy (non-hydrogen) atoms. The maximum Gasteiger partial charge on any atom is 0.445 e. The van der Waals surface area contributed by atoms with Crippen LogP contribution in [0.4, 0.5) is 38.0 Å². The molecule has 11 rings (SSSR count). The molecule has 0 unspecified atom stereocenters. The number of hydrogen-bond donors (Lipinski definition) is 9. The predicted octanol–water partition coefficient (Wildman–Crippen LogP) is 14.3. The first-order valence-electron chi connectivity index (χ1n) is 39.2. The number of aliphatic hydroxyl groups excluding tert-OH is 2. The fraction of sp³-hybridized carbons (Fsp3) is 0.420. The number of nitrogens with zero attached hydrogens (tertiary/aromatic N) is 4. The molecular formula is C88H105ClF3N11O12S2. The highest BCUT2D eigenvalue weighted by Crippen LogP contribution is 2.48. The van der Waals surface area contributed by atoms with Gasteiger partial charge in [0.05, 0.1) is 57.6 Å². The Morgan fingerprint density at radius 3 is 1.78 bits per heavy atom. The zero-order chi connectivity index (χ0) is 84.3. The zero-order valence-electron chi connectivity index (χ0n) is 67.2. The van der Waals surface area contributed by atoms with Gasteiger partial charge in [0, 0.05) is 66.2 Å². The molecule has 3 aliphatic rings. The number of cyclic esters (lactones) is 1. The average Bonchev–Trinajstić information content (AvgIpc) is 1.63. The van der Waals surface area contributed by atoms with Crippen molar-refractivity contribution in [2.24, 2.45) is 17.8 Å². The first kappa shape index (κ1) is 90.3. The van der Waals surface area contributed by atoms with Gasteiger partial charge in [-0.15, -0.1) is 22.7 Å². The number of aromatic nitrogens is 2. The van der Waals surface area contributed by atoms with E-state index >= 15 is 0 Å². The van der Waals surface area contributed by atoms with Crippen LogP contribution in [0.5, 0.6) is 5.75 Å². The van der Waals surface area contributed by atoms with Gasteiger partial charge in [0.15, 0.2) is 6.61 Å². The molecule has 4 heterocycles. The molecule has 0 radical (unpaired) electrons. The third kappa shape index (κ3) is 27.5. The summed E-state index contributed by atoms with van der Waals surface area (Å²) in [4.78, 5) is 104. The molecule has 2 aliphatic heterocycles. The van der Waals surface area contributed by atoms with E-state index in [1.54, 1.807) is 35.0 Å². The molecule has 9 amide bonds. The van der Waals surface area contributed by atoms with Crippen molar-refractivity contribution in [3.05, 3.63) is 234 Å². The van der Waals surface area contributed by atoms with Gasteiger partial charge < -0.3 is 66.1 Å². The van der Waals surface area contributed by atoms with Crippen LogP contribution >= 0.6 is 34.3 Å². The Hall–Kier alpha value is -10.6. The third-order valence-electron chi connectivity index (χ3n) is 19.8. The molecule has 9 atom stereocenters. The maximum atomic E-state index is 13.9. The number of hydrogen-bond acceptors (Lipinski definition) is 16. The van der Waals surface area contributed by atoms with E-state index < -0.39 is 72.4 Å². The number of aryl methyl sites for hydroxylation is 2. The van der Waals surface area contributed by atoms with Crippen LogP contribution in [0, 0.1) is 43.4 Å². The first-order valence-corrected chi connectivity index (χ1v) is 41.4. The van der Waals surface area contributed by atoms with Gasteiger partial charge in [-0.1, -0.05) is 199 Å². The summed E-state index contributed by atoms with van der Waals surface area (Å²) in [5.41, 5.74) is 4.92. The van der Waals surface area contributed by atoms with Crippen LogP contribution < -0.4 is 42.0 Å². The van der Waals surface area contributed by atoms with Crippen LogP contribution in [0.25, 0.3) is 0 Å². The Morgan fingerprint density at radius 1 is 0.718 bits per heavy atom. The molecule has 624 valence electrons. The number of para-hydroxylation sites is 1. The molecule has 0 bridgehead atoms. The minimum atomic E-state index is -4.87. The number of alkyl halides is 3. The molecular weight excluding hydrogens is 1560 g/mol. The lowest BCUT2D eigenvalue weighted by molar-refractivity contribution is -0.239. The minimum Gasteiger partial charge on any atom is -0.483 e. The van der Waals surface area contributed by atoms with Gasteiger partial charge in [-0.25, -0.2) is 24.2 Å². The van der Waals surface area contributed by atoms with Gasteiger partial charge in [0.1, 0.15) is 24.4 Å². The monoisotopic (exact) mass is 1660 g/mol. The van der Waals surface area contributed by atoms with Crippen LogP contribution in [0.2, 0.25) is 5.02 Å². The summed E-state index contributed by atoms with van der Waals surface area (Å²) in [7, 11) is 1.68. The number of amides is 9. The number of fused-ring (bicyclic) bond motifs is 1. The number of anilines is 1. The topological polar surface area (TPSA) is 304 Å². The van der Waals surface area contributed by atoms with Gasteiger partial charge in [-0.05, 0) is 141 Å². The van der Waals surface area contributed by atoms with E-state index in [1.165, 1.54) is 28.4 Å². The Morgan fingerprint density at radius 2 is 1.27 bits per heavy atom. The van der Waals surface area contributed by atoms with E-state index in [0.717, 1.165) is 74.3 Å². The maximum absolute atomic E-state index is 13.9. The third-order valence-corrected chi connectivity index (χ3v) is 22.0. The number of carbonyl (C=O) groups is 7. The minimum absolute atomic E-state index is 0.00179. The number of rotatable bonds is 32. The number of halogens is 4. The number of aliphatic hydroxyl groups is 2. The molecule has 2 aromatic heterocycles. The first-order chi connectivity index (χ1) is 55.9. The molecule has 0 spiro atoms. The number of nitrogens with one attached hydrogen (secondary N) is 7. The molecule has 9 N–H and O–H groups in total. The molecule has 29 heteroatoms. The lowest BCUT2D eigenvalue weighted by Gasteiger charge is -2.37. The quantitative estimate of drug-likeness (QED) is 0.0177.